The van der Waals surface area contributed by atoms with Crippen LogP contribution in [-0.2, 0) is 24.3 Å². The molecule has 1 aromatic heterocycles. The van der Waals surface area contributed by atoms with Crippen molar-refractivity contribution in [3.05, 3.63) is 45.7 Å². The second-order valence-electron chi connectivity index (χ2n) is 7.00. The van der Waals surface area contributed by atoms with E-state index in [2.05, 4.69) is 10.4 Å². The molecule has 29 heavy (non-hydrogen) atoms. The number of halogens is 3. The number of anilines is 1. The zero-order valence-corrected chi connectivity index (χ0v) is 16.5. The van der Waals surface area contributed by atoms with Crippen molar-refractivity contribution < 1.29 is 23.2 Å². The van der Waals surface area contributed by atoms with E-state index in [0.29, 0.717) is 30.8 Å². The first-order chi connectivity index (χ1) is 13.8. The topological polar surface area (TPSA) is 79.7 Å². The monoisotopic (exact) mass is 425 g/mol. The minimum Gasteiger partial charge on any atom is -0.317 e. The van der Waals surface area contributed by atoms with Crippen LogP contribution in [0.5, 0.6) is 0 Å². The molecule has 1 aromatic carbocycles. The number of urea groups is 1. The predicted molar refractivity (Wildman–Crippen MR) is 99.4 cm³/mol. The molecule has 2 aromatic rings. The average Bonchev–Trinajstić information content (AvgIpc) is 2.94. The van der Waals surface area contributed by atoms with Gasteiger partial charge in [0.15, 0.2) is 11.6 Å². The van der Waals surface area contributed by atoms with Crippen molar-refractivity contribution in [2.45, 2.75) is 32.5 Å². The van der Waals surface area contributed by atoms with Crippen LogP contribution in [0.3, 0.4) is 0 Å². The lowest BCUT2D eigenvalue weighted by atomic mass is 9.99. The summed E-state index contributed by atoms with van der Waals surface area (Å²) in [7, 11) is 1.53. The van der Waals surface area contributed by atoms with E-state index in [1.807, 2.05) is 6.92 Å². The van der Waals surface area contributed by atoms with Crippen LogP contribution in [0.15, 0.2) is 12.1 Å². The summed E-state index contributed by atoms with van der Waals surface area (Å²) in [5, 5.41) is 7.79. The zero-order chi connectivity index (χ0) is 20.9. The molecule has 1 atom stereocenters. The first-order valence-corrected chi connectivity index (χ1v) is 9.35. The van der Waals surface area contributed by atoms with E-state index in [1.54, 1.807) is 4.68 Å². The van der Waals surface area contributed by atoms with Crippen LogP contribution in [0.2, 0.25) is 5.02 Å². The van der Waals surface area contributed by atoms with Crippen LogP contribution < -0.4 is 5.32 Å². The average molecular weight is 426 g/mol. The molecule has 3 amide bonds. The van der Waals surface area contributed by atoms with E-state index in [9.17, 15) is 18.4 Å². The van der Waals surface area contributed by atoms with E-state index in [-0.39, 0.29) is 24.2 Å². The number of amides is 3. The lowest BCUT2D eigenvalue weighted by Gasteiger charge is -2.33. The molecule has 0 bridgehead atoms. The Morgan fingerprint density at radius 3 is 2.86 bits per heavy atom. The number of aromatic nitrogens is 2. The summed E-state index contributed by atoms with van der Waals surface area (Å²) in [5.41, 5.74) is 1.84. The van der Waals surface area contributed by atoms with Gasteiger partial charge in [0.05, 0.1) is 30.4 Å². The number of hydrogen-bond acceptors (Lipinski definition) is 4. The molecule has 0 saturated heterocycles. The van der Waals surface area contributed by atoms with E-state index in [4.69, 9.17) is 16.4 Å². The van der Waals surface area contributed by atoms with Gasteiger partial charge in [-0.1, -0.05) is 11.6 Å². The van der Waals surface area contributed by atoms with E-state index in [0.717, 1.165) is 22.9 Å². The molecule has 3 heterocycles. The smallest absolute Gasteiger partial charge is 0.317 e. The van der Waals surface area contributed by atoms with Crippen LogP contribution in [-0.4, -0.2) is 51.4 Å². The predicted octanol–water partition coefficient (Wildman–Crippen LogP) is 2.81. The largest absolute Gasteiger partial charge is 0.322 e. The Morgan fingerprint density at radius 2 is 2.14 bits per heavy atom. The summed E-state index contributed by atoms with van der Waals surface area (Å²) < 4.78 is 28.6. The van der Waals surface area contributed by atoms with Gasteiger partial charge in [-0.15, -0.1) is 0 Å². The lowest BCUT2D eigenvalue weighted by molar-refractivity contribution is -0.103. The van der Waals surface area contributed by atoms with Crippen molar-refractivity contribution in [2.24, 2.45) is 0 Å². The van der Waals surface area contributed by atoms with E-state index >= 15 is 0 Å². The van der Waals surface area contributed by atoms with Gasteiger partial charge < -0.3 is 10.2 Å². The highest BCUT2D eigenvalue weighted by atomic mass is 35.5. The summed E-state index contributed by atoms with van der Waals surface area (Å²) in [6.45, 7) is 2.73. The summed E-state index contributed by atoms with van der Waals surface area (Å²) in [5.74, 6) is -2.66. The Morgan fingerprint density at radius 1 is 1.38 bits per heavy atom. The fraction of sp³-hybridized carbons (Fsp3) is 0.389. The van der Waals surface area contributed by atoms with Gasteiger partial charge in [0.1, 0.15) is 5.69 Å². The van der Waals surface area contributed by atoms with Gasteiger partial charge in [0.25, 0.3) is 5.91 Å². The van der Waals surface area contributed by atoms with Gasteiger partial charge in [0, 0.05) is 36.8 Å². The Labute approximate surface area is 169 Å². The maximum atomic E-state index is 13.6. The third-order valence-electron chi connectivity index (χ3n) is 5.06. The standard InChI is InChI=1S/C18H18ClF2N5O3/c1-9-5-14-11(16-17(27)24(2)29-4-3-26(16)23-14)8-25(9)18(28)22-10-6-12(19)15(21)13(20)7-10/h6-7,9H,3-5,8H2,1-2H3,(H,22,28)/t9-/m1/s1. The summed E-state index contributed by atoms with van der Waals surface area (Å²) in [6, 6.07) is 1.27. The molecule has 11 heteroatoms. The quantitative estimate of drug-likeness (QED) is 0.712. The molecule has 8 nitrogen and oxygen atoms in total. The Kier molecular flexibility index (Phi) is 4.91. The number of hydroxylamine groups is 2. The van der Waals surface area contributed by atoms with Crippen LogP contribution >= 0.6 is 11.6 Å². The minimum absolute atomic E-state index is 0.0370. The second kappa shape index (κ2) is 7.27. The van der Waals surface area contributed by atoms with Crippen molar-refractivity contribution in [3.63, 3.8) is 0 Å². The molecule has 1 N–H and O–H groups in total. The number of nitrogens with zero attached hydrogens (tertiary/aromatic N) is 4. The van der Waals surface area contributed by atoms with Gasteiger partial charge in [-0.3, -0.25) is 14.3 Å². The molecule has 0 fully saturated rings. The van der Waals surface area contributed by atoms with Crippen LogP contribution in [0.4, 0.5) is 19.3 Å². The van der Waals surface area contributed by atoms with Crippen LogP contribution in [0, 0.1) is 11.6 Å². The third-order valence-corrected chi connectivity index (χ3v) is 5.33. The van der Waals surface area contributed by atoms with Gasteiger partial charge in [0.2, 0.25) is 0 Å². The number of fused-ring (bicyclic) bond motifs is 3. The van der Waals surface area contributed by atoms with E-state index in [1.165, 1.54) is 11.9 Å². The van der Waals surface area contributed by atoms with Crippen LogP contribution in [0.1, 0.15) is 28.7 Å². The van der Waals surface area contributed by atoms with Crippen molar-refractivity contribution in [3.8, 4) is 0 Å². The van der Waals surface area contributed by atoms with Gasteiger partial charge in [-0.05, 0) is 13.0 Å². The van der Waals surface area contributed by atoms with Gasteiger partial charge in [-0.2, -0.15) is 5.10 Å². The summed E-state index contributed by atoms with van der Waals surface area (Å²) >= 11 is 5.65. The molecule has 154 valence electrons. The van der Waals surface area contributed by atoms with Crippen molar-refractivity contribution in [1.29, 1.82) is 0 Å². The number of carbonyl (C=O) groups excluding carboxylic acids is 2. The van der Waals surface area contributed by atoms with Crippen molar-refractivity contribution >= 4 is 29.2 Å². The Hall–Kier alpha value is -2.72. The molecule has 2 aliphatic heterocycles. The maximum Gasteiger partial charge on any atom is 0.322 e. The number of nitrogens with one attached hydrogen (secondary N) is 1. The first-order valence-electron chi connectivity index (χ1n) is 8.98. The molecule has 2 aliphatic rings. The molecular weight excluding hydrogens is 408 g/mol. The van der Waals surface area contributed by atoms with Gasteiger partial charge in [-0.25, -0.2) is 18.6 Å². The van der Waals surface area contributed by atoms with Crippen LogP contribution in [0.25, 0.3) is 0 Å². The fourth-order valence-electron chi connectivity index (χ4n) is 3.56. The summed E-state index contributed by atoms with van der Waals surface area (Å²) in [4.78, 5) is 32.3. The number of benzene rings is 1. The maximum absolute atomic E-state index is 13.6. The number of hydrogen-bond donors (Lipinski definition) is 1. The number of carbonyl (C=O) groups is 2. The zero-order valence-electron chi connectivity index (χ0n) is 15.7. The fourth-order valence-corrected chi connectivity index (χ4v) is 3.77. The molecule has 0 aliphatic carbocycles. The molecule has 0 unspecified atom stereocenters. The second-order valence-corrected chi connectivity index (χ2v) is 7.41. The number of rotatable bonds is 1. The van der Waals surface area contributed by atoms with Crippen molar-refractivity contribution in [1.82, 2.24) is 19.7 Å². The third kappa shape index (κ3) is 3.42. The van der Waals surface area contributed by atoms with E-state index < -0.39 is 22.7 Å². The normalized spacial score (nSPS) is 18.9. The van der Waals surface area contributed by atoms with Gasteiger partial charge >= 0.3 is 6.03 Å². The Bertz CT molecular complexity index is 989. The highest BCUT2D eigenvalue weighted by Crippen LogP contribution is 2.29. The molecule has 0 spiro atoms. The Balaban J connectivity index is 1.61. The van der Waals surface area contributed by atoms with Crippen molar-refractivity contribution in [2.75, 3.05) is 19.0 Å². The molecule has 0 saturated carbocycles. The highest BCUT2D eigenvalue weighted by Gasteiger charge is 2.36. The highest BCUT2D eigenvalue weighted by molar-refractivity contribution is 6.31. The SMILES string of the molecule is C[C@@H]1Cc2nn3c(c2CN1C(=O)Nc1cc(F)c(F)c(Cl)c1)C(=O)N(C)OCC3. The molecule has 0 radical (unpaired) electrons. The molecular formula is C18H18ClF2N5O3. The minimum atomic E-state index is -1.17. The summed E-state index contributed by atoms with van der Waals surface area (Å²) in [6.07, 6.45) is 0.457. The lowest BCUT2D eigenvalue weighted by Crippen LogP contribution is -2.45. The first kappa shape index (κ1) is 19.6. The molecule has 4 rings (SSSR count).